The lowest BCUT2D eigenvalue weighted by molar-refractivity contribution is -0.149. The fourth-order valence-electron chi connectivity index (χ4n) is 16.1. The zero-order valence-corrected chi connectivity index (χ0v) is 76.4. The van der Waals surface area contributed by atoms with Crippen LogP contribution in [0.2, 0.25) is 0 Å². The second-order valence-corrected chi connectivity index (χ2v) is 35.0. The summed E-state index contributed by atoms with van der Waals surface area (Å²) < 4.78 is 0. The van der Waals surface area contributed by atoms with Gasteiger partial charge in [0.1, 0.15) is 90.3 Å². The van der Waals surface area contributed by atoms with Crippen LogP contribution >= 0.6 is 23.5 Å². The van der Waals surface area contributed by atoms with Crippen LogP contribution in [0.1, 0.15) is 107 Å². The standard InChI is InChI=1S/C87H120N24O20S2/c1-7-8-21-69-86(131)108(4)66(28-32-132-6)79(124)99-57(20-13-29-93-87(90)91)75(120)106-65(74(119)96-41-71(89)116)44-133-45-72(117)98-60(33-48-24-26-52(114)27-25-48)82(127)107(3)47(2)73(118)102-62(37-70(88)115)84(129)110-30-14-22-67(110)81(126)101-59(36-51-40-92-46-97-51)77(122)105-64(43-113)85(130)111-31-15-23-68(111)80(125)100-58(34-49-38-94-55-18-11-9-16-53(49)55)76(121)104-63(42-112)78(123)103-61(83(128)109(69)5)35-50-39-95-56-19-12-10-17-54(50)56/h9-12,16-19,24-27,38-40,46-47,57-69,94-95,112-114H,7-8,13-15,20-23,28-37,41-45H2,1-6H3,(H2,88,115)(H2,89,116)(H,92,97)(H,96,119)(H,98,117)(H,99,124)(H,100,125)(H,101,126)(H,102,118)(H,103,123)(H,104,121)(H,105,122)(H,106,120)(H4,90,91,93)/t47-,57-,58-,59-,60-,61-,62-,63-,64-,65?,66-,67-,68-,69-/m0/s1. The van der Waals surface area contributed by atoms with E-state index in [9.17, 15) is 68.1 Å². The van der Waals surface area contributed by atoms with Crippen molar-refractivity contribution in [3.8, 4) is 5.75 Å². The molecule has 0 radical (unpaired) electrons. The molecule has 0 aliphatic carbocycles. The molecule has 24 N–H and O–H groups in total. The Labute approximate surface area is 774 Å². The Kier molecular flexibility index (Phi) is 38.7. The number of phenolic OH excluding ortho intramolecular Hbond substituents is 1. The summed E-state index contributed by atoms with van der Waals surface area (Å²) in [6.07, 6.45) is 6.47. The zero-order chi connectivity index (χ0) is 96.9. The number of hydrogen-bond donors (Lipinski definition) is 21. The van der Waals surface area contributed by atoms with Crippen molar-refractivity contribution in [1.82, 2.24) is 103 Å². The normalized spacial score (nSPS) is 24.3. The molecule has 44 nitrogen and oxygen atoms in total. The first kappa shape index (κ1) is 103. The quantitative estimate of drug-likeness (QED) is 0.0146. The number of aliphatic hydroxyl groups excluding tert-OH is 2. The third kappa shape index (κ3) is 28.6. The number of fused-ring (bicyclic) bond motifs is 4. The molecule has 3 aliphatic rings. The number of aromatic amines is 3. The van der Waals surface area contributed by atoms with Gasteiger partial charge in [-0.25, -0.2) is 4.98 Å². The minimum absolute atomic E-state index is 0.0139. The molecule has 14 atom stereocenters. The first-order chi connectivity index (χ1) is 63.5. The highest BCUT2D eigenvalue weighted by Gasteiger charge is 2.46. The summed E-state index contributed by atoms with van der Waals surface area (Å²) in [5.74, 6) is -17.7. The number of phenols is 1. The molecule has 0 saturated carbocycles. The van der Waals surface area contributed by atoms with Gasteiger partial charge in [-0.3, -0.25) is 86.9 Å². The van der Waals surface area contributed by atoms with E-state index in [4.69, 9.17) is 22.6 Å². The Morgan fingerprint density at radius 3 is 1.62 bits per heavy atom. The molecule has 1 unspecified atom stereocenters. The molecule has 3 aliphatic heterocycles. The number of likely N-dealkylation sites (N-methyl/N-ethyl adjacent to an activating group) is 3. The number of nitrogens with one attached hydrogen (secondary N) is 15. The van der Waals surface area contributed by atoms with Crippen LogP contribution in [0.4, 0.5) is 0 Å². The van der Waals surface area contributed by atoms with Crippen molar-refractivity contribution in [2.24, 2.45) is 17.2 Å². The number of carbonyl (C=O) groups is 17. The fourth-order valence-corrected chi connectivity index (χ4v) is 17.4. The fraction of sp³-hybridized carbons (Fsp3) is 0.506. The number of primary amides is 2. The van der Waals surface area contributed by atoms with Crippen LogP contribution in [-0.2, 0) is 107 Å². The Bertz CT molecular complexity index is 5150. The Balaban J connectivity index is 1.09. The lowest BCUT2D eigenvalue weighted by Gasteiger charge is -2.36. The van der Waals surface area contributed by atoms with Gasteiger partial charge in [-0.05, 0) is 111 Å². The van der Waals surface area contributed by atoms with Crippen molar-refractivity contribution in [2.45, 2.75) is 195 Å². The molecule has 9 rings (SSSR count). The summed E-state index contributed by atoms with van der Waals surface area (Å²) in [7, 11) is 3.88. The maximum Gasteiger partial charge on any atom is 0.248 e. The lowest BCUT2D eigenvalue weighted by atomic mass is 10.0. The summed E-state index contributed by atoms with van der Waals surface area (Å²) in [4.78, 5) is 267. The number of guanidine groups is 1. The third-order valence-electron chi connectivity index (χ3n) is 23.5. The maximum atomic E-state index is 15.7. The van der Waals surface area contributed by atoms with E-state index in [-0.39, 0.29) is 114 Å². The van der Waals surface area contributed by atoms with Gasteiger partial charge in [0.15, 0.2) is 5.96 Å². The molecule has 3 fully saturated rings. The first-order valence-corrected chi connectivity index (χ1v) is 46.3. The number of aromatic nitrogens is 4. The molecule has 0 bridgehead atoms. The average Bonchev–Trinajstić information content (AvgIpc) is 1.78. The number of unbranched alkanes of at least 4 members (excludes halogenated alkanes) is 1. The summed E-state index contributed by atoms with van der Waals surface area (Å²) in [5.41, 5.74) is 19.7. The van der Waals surface area contributed by atoms with E-state index < -0.39 is 229 Å². The molecule has 3 saturated heterocycles. The van der Waals surface area contributed by atoms with E-state index in [1.54, 1.807) is 67.2 Å². The zero-order valence-electron chi connectivity index (χ0n) is 74.8. The van der Waals surface area contributed by atoms with Gasteiger partial charge in [0, 0.05) is 118 Å². The number of benzene rings is 3. The highest BCUT2D eigenvalue weighted by atomic mass is 32.2. The highest BCUT2D eigenvalue weighted by Crippen LogP contribution is 2.27. The van der Waals surface area contributed by atoms with Gasteiger partial charge in [0.25, 0.3) is 0 Å². The maximum absolute atomic E-state index is 15.7. The minimum atomic E-state index is -1.88. The van der Waals surface area contributed by atoms with Crippen LogP contribution in [-0.4, -0.2) is 335 Å². The predicted molar refractivity (Wildman–Crippen MR) is 489 cm³/mol. The number of rotatable bonds is 25. The second kappa shape index (κ2) is 49.8. The summed E-state index contributed by atoms with van der Waals surface area (Å²) in [5, 5.41) is 70.1. The second-order valence-electron chi connectivity index (χ2n) is 33.0. The van der Waals surface area contributed by atoms with Crippen molar-refractivity contribution in [1.29, 1.82) is 5.41 Å². The molecule has 46 heteroatoms. The minimum Gasteiger partial charge on any atom is -0.508 e. The van der Waals surface area contributed by atoms with E-state index in [0.717, 1.165) is 36.3 Å². The SMILES string of the molecule is CCCC[C@H]1C(=O)N(C)[C@@H](CCSC)C(=O)N[C@@H](CCCNC(=N)N)C(=O)NC(C(=O)NCC(N)=O)CSCC(=O)N[C@@H](Cc2ccc(O)cc2)C(=O)N(C)[C@@H](C)C(=O)N[C@@H](CC(N)=O)C(=O)N2CCC[C@H]2C(=O)N[C@@H](Cc2cnc[nH]2)C(=O)N[C@@H](CO)C(=O)N2CCC[C@H]2C(=O)N[C@@H](Cc2c[nH]c3ccccc23)C(=O)N[C@@H](CO)C(=O)N[C@@H](Cc2c[nH]c3ccccc23)C(=O)N1C. The number of nitrogens with two attached hydrogens (primary N) is 3. The molecule has 17 amide bonds. The van der Waals surface area contributed by atoms with Gasteiger partial charge in [-0.2, -0.15) is 11.8 Å². The summed E-state index contributed by atoms with van der Waals surface area (Å²) >= 11 is 2.07. The number of para-hydroxylation sites is 2. The van der Waals surface area contributed by atoms with Gasteiger partial charge in [-0.15, -0.1) is 11.8 Å². The third-order valence-corrected chi connectivity index (χ3v) is 25.2. The van der Waals surface area contributed by atoms with Crippen LogP contribution in [0, 0.1) is 5.41 Å². The molecule has 720 valence electrons. The van der Waals surface area contributed by atoms with Crippen molar-refractivity contribution >= 4 is 152 Å². The Morgan fingerprint density at radius 2 is 1.05 bits per heavy atom. The van der Waals surface area contributed by atoms with E-state index in [1.165, 1.54) is 76.6 Å². The van der Waals surface area contributed by atoms with Crippen LogP contribution in [0.25, 0.3) is 21.8 Å². The number of aromatic hydroxyl groups is 1. The van der Waals surface area contributed by atoms with E-state index in [2.05, 4.69) is 78.4 Å². The number of amides is 17. The molecule has 6 aromatic rings. The van der Waals surface area contributed by atoms with Crippen molar-refractivity contribution in [2.75, 3.05) is 84.1 Å². The summed E-state index contributed by atoms with van der Waals surface area (Å²) in [6.45, 7) is -0.0521. The molecule has 3 aromatic carbocycles. The van der Waals surface area contributed by atoms with Crippen molar-refractivity contribution < 1.29 is 96.8 Å². The van der Waals surface area contributed by atoms with Crippen LogP contribution < -0.4 is 75.7 Å². The molecule has 0 spiro atoms. The molecular weight excluding hydrogens is 1770 g/mol. The van der Waals surface area contributed by atoms with Gasteiger partial charge in [0.05, 0.1) is 38.3 Å². The number of carbonyl (C=O) groups excluding carboxylic acids is 17. The van der Waals surface area contributed by atoms with Crippen molar-refractivity contribution in [3.05, 3.63) is 120 Å². The van der Waals surface area contributed by atoms with Gasteiger partial charge in [0.2, 0.25) is 100 Å². The van der Waals surface area contributed by atoms with E-state index >= 15 is 28.8 Å². The summed E-state index contributed by atoms with van der Waals surface area (Å²) in [6, 6.07) is -2.47. The van der Waals surface area contributed by atoms with Gasteiger partial charge in [-0.1, -0.05) is 68.3 Å². The molecule has 6 heterocycles. The molecule has 133 heavy (non-hydrogen) atoms. The van der Waals surface area contributed by atoms with Crippen LogP contribution in [0.15, 0.2) is 97.7 Å². The lowest BCUT2D eigenvalue weighted by Crippen LogP contribution is -2.62. The number of H-pyrrole nitrogens is 3. The van der Waals surface area contributed by atoms with E-state index in [0.29, 0.717) is 51.3 Å². The first-order valence-electron chi connectivity index (χ1n) is 43.7. The Hall–Kier alpha value is -13.4. The predicted octanol–water partition coefficient (Wildman–Crippen LogP) is -4.39. The van der Waals surface area contributed by atoms with E-state index in [1.807, 2.05) is 6.92 Å². The topological polar surface area (TPSA) is 662 Å². The number of hydrogen-bond acceptors (Lipinski definition) is 24. The number of nitrogens with zero attached hydrogens (tertiary/aromatic N) is 6. The smallest absolute Gasteiger partial charge is 0.248 e. The Morgan fingerprint density at radius 1 is 0.534 bits per heavy atom. The largest absolute Gasteiger partial charge is 0.508 e. The van der Waals surface area contributed by atoms with Crippen molar-refractivity contribution in [3.63, 3.8) is 0 Å². The number of aliphatic hydroxyl groups is 2. The highest BCUT2D eigenvalue weighted by molar-refractivity contribution is 8.00. The molecular formula is C87H120N24O20S2. The number of imidazole rings is 1. The number of thioether (sulfide) groups is 2. The molecule has 3 aromatic heterocycles. The van der Waals surface area contributed by atoms with Crippen LogP contribution in [0.3, 0.4) is 0 Å². The van der Waals surface area contributed by atoms with Gasteiger partial charge >= 0.3 is 0 Å². The van der Waals surface area contributed by atoms with Crippen LogP contribution in [0.5, 0.6) is 5.75 Å². The average molecular weight is 1890 g/mol. The van der Waals surface area contributed by atoms with Gasteiger partial charge < -0.3 is 130 Å². The monoisotopic (exact) mass is 1880 g/mol.